The van der Waals surface area contributed by atoms with Gasteiger partial charge in [-0.15, -0.1) is 0 Å². The fraction of sp³-hybridized carbons (Fsp3) is 0.500. The van der Waals surface area contributed by atoms with E-state index in [0.29, 0.717) is 24.5 Å². The highest BCUT2D eigenvalue weighted by atomic mass is 16.6. The van der Waals surface area contributed by atoms with Crippen LogP contribution in [0.5, 0.6) is 0 Å². The van der Waals surface area contributed by atoms with E-state index in [1.165, 1.54) is 0 Å². The molecule has 0 bridgehead atoms. The van der Waals surface area contributed by atoms with Gasteiger partial charge in [-0.3, -0.25) is 16.0 Å². The Kier molecular flexibility index (Phi) is 5.53. The molecule has 7 heteroatoms. The fourth-order valence-corrected chi connectivity index (χ4v) is 2.12. The minimum Gasteiger partial charge on any atom is -0.383 e. The average Bonchev–Trinajstić information content (AvgIpc) is 2.39. The Bertz CT molecular complexity index is 439. The zero-order valence-corrected chi connectivity index (χ0v) is 11.4. The van der Waals surface area contributed by atoms with Crippen LogP contribution in [0.15, 0.2) is 18.2 Å². The van der Waals surface area contributed by atoms with Crippen molar-refractivity contribution in [3.05, 3.63) is 28.3 Å². The molecule has 0 aliphatic rings. The van der Waals surface area contributed by atoms with E-state index in [-0.39, 0.29) is 11.7 Å². The van der Waals surface area contributed by atoms with Crippen molar-refractivity contribution in [3.63, 3.8) is 0 Å². The first kappa shape index (κ1) is 15.2. The van der Waals surface area contributed by atoms with Crippen molar-refractivity contribution in [1.29, 1.82) is 0 Å². The summed E-state index contributed by atoms with van der Waals surface area (Å²) in [4.78, 5) is 12.7. The van der Waals surface area contributed by atoms with Gasteiger partial charge in [0.05, 0.1) is 11.5 Å². The number of hydrazine groups is 1. The van der Waals surface area contributed by atoms with E-state index in [0.717, 1.165) is 0 Å². The summed E-state index contributed by atoms with van der Waals surface area (Å²) in [7, 11) is 1.61. The zero-order chi connectivity index (χ0) is 14.4. The molecular weight excluding hydrogens is 248 g/mol. The van der Waals surface area contributed by atoms with Crippen LogP contribution in [-0.2, 0) is 4.74 Å². The highest BCUT2D eigenvalue weighted by molar-refractivity contribution is 5.77. The molecule has 0 saturated carbocycles. The molecule has 0 aromatic heterocycles. The number of nitrogens with zero attached hydrogens (tertiary/aromatic N) is 2. The van der Waals surface area contributed by atoms with Gasteiger partial charge in [0.1, 0.15) is 11.4 Å². The molecule has 0 saturated heterocycles. The van der Waals surface area contributed by atoms with Crippen LogP contribution >= 0.6 is 0 Å². The first-order chi connectivity index (χ1) is 9.06. The molecule has 0 heterocycles. The molecule has 3 N–H and O–H groups in total. The number of anilines is 2. The lowest BCUT2D eigenvalue weighted by atomic mass is 10.1. The van der Waals surface area contributed by atoms with Gasteiger partial charge in [-0.25, -0.2) is 0 Å². The predicted molar refractivity (Wildman–Crippen MR) is 75.3 cm³/mol. The molecule has 0 radical (unpaired) electrons. The summed E-state index contributed by atoms with van der Waals surface area (Å²) in [6.45, 7) is 5.03. The second kappa shape index (κ2) is 6.91. The van der Waals surface area contributed by atoms with Crippen LogP contribution < -0.4 is 16.2 Å². The summed E-state index contributed by atoms with van der Waals surface area (Å²) in [6, 6.07) is 5.06. The summed E-state index contributed by atoms with van der Waals surface area (Å²) in [5.74, 6) is 5.34. The number of nitro groups is 1. The lowest BCUT2D eigenvalue weighted by Crippen LogP contribution is -2.36. The van der Waals surface area contributed by atoms with Gasteiger partial charge in [0.25, 0.3) is 0 Å². The van der Waals surface area contributed by atoms with Gasteiger partial charge >= 0.3 is 5.69 Å². The lowest BCUT2D eigenvalue weighted by molar-refractivity contribution is -0.383. The molecular formula is C12H20N4O3. The van der Waals surface area contributed by atoms with Gasteiger partial charge in [0.15, 0.2) is 0 Å². The maximum absolute atomic E-state index is 11.3. The molecule has 0 amide bonds. The summed E-state index contributed by atoms with van der Waals surface area (Å²) >= 11 is 0. The number of hydrogen-bond donors (Lipinski definition) is 2. The van der Waals surface area contributed by atoms with E-state index in [2.05, 4.69) is 5.43 Å². The van der Waals surface area contributed by atoms with Crippen molar-refractivity contribution in [1.82, 2.24) is 0 Å². The highest BCUT2D eigenvalue weighted by Crippen LogP contribution is 2.35. The summed E-state index contributed by atoms with van der Waals surface area (Å²) in [6.07, 6.45) is 0. The molecule has 1 aromatic rings. The standard InChI is InChI=1S/C12H20N4O3/c1-4-15(9(2)8-19-3)11-7-5-6-10(14-13)12(11)16(17)18/h5-7,9,14H,4,8,13H2,1-3H3. The van der Waals surface area contributed by atoms with Crippen molar-refractivity contribution in [2.45, 2.75) is 19.9 Å². The van der Waals surface area contributed by atoms with Gasteiger partial charge in [-0.1, -0.05) is 6.07 Å². The van der Waals surface area contributed by atoms with Crippen LogP contribution in [0.4, 0.5) is 17.1 Å². The first-order valence-electron chi connectivity index (χ1n) is 6.06. The molecule has 0 fully saturated rings. The van der Waals surface area contributed by atoms with E-state index >= 15 is 0 Å². The number of nitro benzene ring substituents is 1. The van der Waals surface area contributed by atoms with Crippen molar-refractivity contribution >= 4 is 17.1 Å². The number of ether oxygens (including phenoxy) is 1. The molecule has 1 rings (SSSR count). The Balaban J connectivity index is 3.26. The van der Waals surface area contributed by atoms with E-state index in [1.54, 1.807) is 25.3 Å². The molecule has 7 nitrogen and oxygen atoms in total. The van der Waals surface area contributed by atoms with E-state index in [4.69, 9.17) is 10.6 Å². The molecule has 1 unspecified atom stereocenters. The highest BCUT2D eigenvalue weighted by Gasteiger charge is 2.25. The number of rotatable bonds is 7. The topological polar surface area (TPSA) is 93.7 Å². The second-order valence-electron chi connectivity index (χ2n) is 4.17. The van der Waals surface area contributed by atoms with E-state index in [1.807, 2.05) is 18.7 Å². The monoisotopic (exact) mass is 268 g/mol. The fourth-order valence-electron chi connectivity index (χ4n) is 2.12. The van der Waals surface area contributed by atoms with Crippen LogP contribution in [0, 0.1) is 10.1 Å². The molecule has 19 heavy (non-hydrogen) atoms. The molecule has 0 aliphatic heterocycles. The van der Waals surface area contributed by atoms with Crippen LogP contribution in [-0.4, -0.2) is 31.2 Å². The SMILES string of the molecule is CCN(c1cccc(NN)c1[N+](=O)[O-])C(C)COC. The maximum atomic E-state index is 11.3. The van der Waals surface area contributed by atoms with Crippen molar-refractivity contribution < 1.29 is 9.66 Å². The number of para-hydroxylation sites is 1. The Hall–Kier alpha value is -1.86. The van der Waals surface area contributed by atoms with Gasteiger partial charge in [0.2, 0.25) is 0 Å². The van der Waals surface area contributed by atoms with Gasteiger partial charge < -0.3 is 15.1 Å². The predicted octanol–water partition coefficient (Wildman–Crippen LogP) is 1.74. The number of likely N-dealkylation sites (N-methyl/N-ethyl adjacent to an activating group) is 1. The Labute approximate surface area is 112 Å². The van der Waals surface area contributed by atoms with Gasteiger partial charge in [-0.2, -0.15) is 0 Å². The molecule has 1 atom stereocenters. The largest absolute Gasteiger partial charge is 0.383 e. The molecule has 1 aromatic carbocycles. The second-order valence-corrected chi connectivity index (χ2v) is 4.17. The minimum absolute atomic E-state index is 0.0187. The third kappa shape index (κ3) is 3.33. The number of benzene rings is 1. The van der Waals surface area contributed by atoms with Gasteiger partial charge in [0, 0.05) is 19.7 Å². The number of methoxy groups -OCH3 is 1. The van der Waals surface area contributed by atoms with Crippen LogP contribution in [0.25, 0.3) is 0 Å². The normalized spacial score (nSPS) is 12.0. The smallest absolute Gasteiger partial charge is 0.316 e. The lowest BCUT2D eigenvalue weighted by Gasteiger charge is -2.29. The Morgan fingerprint density at radius 3 is 2.74 bits per heavy atom. The third-order valence-corrected chi connectivity index (χ3v) is 2.94. The summed E-state index contributed by atoms with van der Waals surface area (Å²) < 4.78 is 5.11. The van der Waals surface area contributed by atoms with Crippen LogP contribution in [0.3, 0.4) is 0 Å². The third-order valence-electron chi connectivity index (χ3n) is 2.94. The molecule has 106 valence electrons. The van der Waals surface area contributed by atoms with Crippen LogP contribution in [0.1, 0.15) is 13.8 Å². The van der Waals surface area contributed by atoms with Crippen molar-refractivity contribution in [2.24, 2.45) is 5.84 Å². The number of nitrogen functional groups attached to an aromatic ring is 1. The van der Waals surface area contributed by atoms with E-state index < -0.39 is 4.92 Å². The van der Waals surface area contributed by atoms with Crippen molar-refractivity contribution in [3.8, 4) is 0 Å². The minimum atomic E-state index is -0.424. The summed E-state index contributed by atoms with van der Waals surface area (Å²) in [5, 5.41) is 11.3. The van der Waals surface area contributed by atoms with Crippen molar-refractivity contribution in [2.75, 3.05) is 30.6 Å². The number of nitrogens with two attached hydrogens (primary N) is 1. The Morgan fingerprint density at radius 1 is 1.58 bits per heavy atom. The zero-order valence-electron chi connectivity index (χ0n) is 11.4. The van der Waals surface area contributed by atoms with E-state index in [9.17, 15) is 10.1 Å². The summed E-state index contributed by atoms with van der Waals surface area (Å²) in [5.41, 5.74) is 3.18. The molecule has 0 spiro atoms. The van der Waals surface area contributed by atoms with Crippen LogP contribution in [0.2, 0.25) is 0 Å². The Morgan fingerprint density at radius 2 is 2.26 bits per heavy atom. The van der Waals surface area contributed by atoms with Gasteiger partial charge in [-0.05, 0) is 26.0 Å². The number of hydrogen-bond acceptors (Lipinski definition) is 6. The first-order valence-corrected chi connectivity index (χ1v) is 6.06. The molecule has 0 aliphatic carbocycles. The quantitative estimate of drug-likeness (QED) is 0.444. The maximum Gasteiger partial charge on any atom is 0.316 e. The number of nitrogens with one attached hydrogen (secondary N) is 1. The average molecular weight is 268 g/mol.